The predicted molar refractivity (Wildman–Crippen MR) is 63.1 cm³/mol. The van der Waals surface area contributed by atoms with Crippen LogP contribution in [0, 0.1) is 20.8 Å². The summed E-state index contributed by atoms with van der Waals surface area (Å²) < 4.78 is 4.74. The maximum Gasteiger partial charge on any atom is 0.374 e. The van der Waals surface area contributed by atoms with Crippen LogP contribution in [0.1, 0.15) is 27.2 Å². The van der Waals surface area contributed by atoms with Crippen molar-refractivity contribution in [2.24, 2.45) is 0 Å². The van der Waals surface area contributed by atoms with Gasteiger partial charge in [-0.2, -0.15) is 0 Å². The minimum Gasteiger partial charge on any atom is -0.475 e. The molecule has 0 radical (unpaired) electrons. The van der Waals surface area contributed by atoms with Crippen molar-refractivity contribution >= 4 is 5.97 Å². The molecular formula is C13H13NO3. The van der Waals surface area contributed by atoms with Crippen LogP contribution in [0.5, 0.6) is 0 Å². The van der Waals surface area contributed by atoms with E-state index in [-0.39, 0.29) is 5.76 Å². The van der Waals surface area contributed by atoms with E-state index in [1.165, 1.54) is 11.6 Å². The Morgan fingerprint density at radius 2 is 1.76 bits per heavy atom. The predicted octanol–water partition coefficient (Wildman–Crippen LogP) is 2.97. The summed E-state index contributed by atoms with van der Waals surface area (Å²) in [5.41, 5.74) is 4.96. The minimum atomic E-state index is -1.11. The molecule has 4 heteroatoms. The van der Waals surface area contributed by atoms with Gasteiger partial charge in [-0.05, 0) is 49.6 Å². The van der Waals surface area contributed by atoms with E-state index in [4.69, 9.17) is 9.63 Å². The Kier molecular flexibility index (Phi) is 2.71. The van der Waals surface area contributed by atoms with E-state index < -0.39 is 5.97 Å². The molecule has 1 aromatic heterocycles. The average Bonchev–Trinajstić information content (AvgIpc) is 2.74. The van der Waals surface area contributed by atoms with E-state index in [1.54, 1.807) is 0 Å². The van der Waals surface area contributed by atoms with Gasteiger partial charge in [0.25, 0.3) is 0 Å². The number of carboxylic acid groups (broad SMARTS) is 1. The molecule has 4 nitrogen and oxygen atoms in total. The van der Waals surface area contributed by atoms with Crippen molar-refractivity contribution in [3.05, 3.63) is 40.6 Å². The molecule has 2 rings (SSSR count). The van der Waals surface area contributed by atoms with Crippen molar-refractivity contribution in [2.45, 2.75) is 20.8 Å². The number of hydrogen-bond acceptors (Lipinski definition) is 3. The first-order chi connectivity index (χ1) is 7.99. The standard InChI is InChI=1S/C13H13NO3/c1-7-4-10(5-8(2)9(7)3)11-6-12(13(15)16)17-14-11/h4-6H,1-3H3,(H,15,16). The fourth-order valence-electron chi connectivity index (χ4n) is 1.70. The first kappa shape index (κ1) is 11.4. The van der Waals surface area contributed by atoms with Crippen LogP contribution in [0.2, 0.25) is 0 Å². The Morgan fingerprint density at radius 3 is 2.24 bits per heavy atom. The lowest BCUT2D eigenvalue weighted by Gasteiger charge is -2.06. The van der Waals surface area contributed by atoms with Crippen LogP contribution < -0.4 is 0 Å². The van der Waals surface area contributed by atoms with Gasteiger partial charge in [0, 0.05) is 11.6 Å². The van der Waals surface area contributed by atoms with E-state index in [9.17, 15) is 4.79 Å². The van der Waals surface area contributed by atoms with Gasteiger partial charge in [0.1, 0.15) is 5.69 Å². The van der Waals surface area contributed by atoms with Gasteiger partial charge >= 0.3 is 5.97 Å². The molecule has 0 spiro atoms. The topological polar surface area (TPSA) is 63.3 Å². The fourth-order valence-corrected chi connectivity index (χ4v) is 1.70. The molecule has 88 valence electrons. The normalized spacial score (nSPS) is 10.5. The lowest BCUT2D eigenvalue weighted by molar-refractivity contribution is 0.0652. The third-order valence-corrected chi connectivity index (χ3v) is 2.94. The molecule has 0 saturated carbocycles. The second kappa shape index (κ2) is 4.05. The Hall–Kier alpha value is -2.10. The lowest BCUT2D eigenvalue weighted by atomic mass is 9.99. The van der Waals surface area contributed by atoms with Gasteiger partial charge in [-0.25, -0.2) is 4.79 Å². The first-order valence-electron chi connectivity index (χ1n) is 5.27. The van der Waals surface area contributed by atoms with Crippen LogP contribution in [0.3, 0.4) is 0 Å². The first-order valence-corrected chi connectivity index (χ1v) is 5.27. The van der Waals surface area contributed by atoms with Gasteiger partial charge in [-0.3, -0.25) is 0 Å². The van der Waals surface area contributed by atoms with Crippen LogP contribution in [0.25, 0.3) is 11.3 Å². The Bertz CT molecular complexity index is 561. The lowest BCUT2D eigenvalue weighted by Crippen LogP contribution is -1.92. The third kappa shape index (κ3) is 2.06. The second-order valence-corrected chi connectivity index (χ2v) is 4.12. The molecule has 0 aliphatic carbocycles. The van der Waals surface area contributed by atoms with Gasteiger partial charge in [-0.1, -0.05) is 5.16 Å². The number of benzene rings is 1. The molecule has 1 aromatic carbocycles. The number of nitrogens with zero attached hydrogens (tertiary/aromatic N) is 1. The summed E-state index contributed by atoms with van der Waals surface area (Å²) in [7, 11) is 0. The van der Waals surface area contributed by atoms with Crippen molar-refractivity contribution in [2.75, 3.05) is 0 Å². The molecule has 0 bridgehead atoms. The summed E-state index contributed by atoms with van der Waals surface area (Å²) in [6.45, 7) is 6.09. The molecule has 0 fully saturated rings. The minimum absolute atomic E-state index is 0.143. The van der Waals surface area contributed by atoms with E-state index in [2.05, 4.69) is 12.1 Å². The van der Waals surface area contributed by atoms with Crippen LogP contribution in [0.4, 0.5) is 0 Å². The highest BCUT2D eigenvalue weighted by Crippen LogP contribution is 2.24. The molecule has 1 N–H and O–H groups in total. The zero-order valence-electron chi connectivity index (χ0n) is 9.94. The van der Waals surface area contributed by atoms with Crippen LogP contribution >= 0.6 is 0 Å². The van der Waals surface area contributed by atoms with E-state index in [1.807, 2.05) is 26.0 Å². The van der Waals surface area contributed by atoms with Crippen molar-refractivity contribution in [1.82, 2.24) is 5.16 Å². The smallest absolute Gasteiger partial charge is 0.374 e. The van der Waals surface area contributed by atoms with Crippen molar-refractivity contribution in [1.29, 1.82) is 0 Å². The molecule has 2 aromatic rings. The molecule has 0 atom stereocenters. The van der Waals surface area contributed by atoms with Crippen LogP contribution in [-0.2, 0) is 0 Å². The summed E-state index contributed by atoms with van der Waals surface area (Å²) in [6.07, 6.45) is 0. The van der Waals surface area contributed by atoms with Crippen LogP contribution in [-0.4, -0.2) is 16.2 Å². The van der Waals surface area contributed by atoms with Gasteiger partial charge in [-0.15, -0.1) is 0 Å². The molecule has 0 unspecified atom stereocenters. The van der Waals surface area contributed by atoms with E-state index in [0.29, 0.717) is 5.69 Å². The third-order valence-electron chi connectivity index (χ3n) is 2.94. The second-order valence-electron chi connectivity index (χ2n) is 4.12. The van der Waals surface area contributed by atoms with E-state index >= 15 is 0 Å². The van der Waals surface area contributed by atoms with Gasteiger partial charge in [0.2, 0.25) is 5.76 Å². The van der Waals surface area contributed by atoms with Crippen LogP contribution in [0.15, 0.2) is 22.7 Å². The zero-order valence-corrected chi connectivity index (χ0v) is 9.94. The number of carboxylic acids is 1. The Labute approximate surface area is 98.9 Å². The maximum absolute atomic E-state index is 10.7. The summed E-state index contributed by atoms with van der Waals surface area (Å²) in [6, 6.07) is 5.39. The average molecular weight is 231 g/mol. The largest absolute Gasteiger partial charge is 0.475 e. The van der Waals surface area contributed by atoms with Gasteiger partial charge in [0.15, 0.2) is 0 Å². The summed E-state index contributed by atoms with van der Waals surface area (Å²) >= 11 is 0. The number of aryl methyl sites for hydroxylation is 2. The van der Waals surface area contributed by atoms with E-state index in [0.717, 1.165) is 16.7 Å². The summed E-state index contributed by atoms with van der Waals surface area (Å²) in [5, 5.41) is 12.5. The molecular weight excluding hydrogens is 218 g/mol. The number of rotatable bonds is 2. The van der Waals surface area contributed by atoms with Crippen molar-refractivity contribution in [3.63, 3.8) is 0 Å². The molecule has 1 heterocycles. The maximum atomic E-state index is 10.7. The van der Waals surface area contributed by atoms with Crippen molar-refractivity contribution < 1.29 is 14.4 Å². The Morgan fingerprint density at radius 1 is 1.18 bits per heavy atom. The molecule has 0 saturated heterocycles. The highest BCUT2D eigenvalue weighted by molar-refractivity contribution is 5.85. The summed E-state index contributed by atoms with van der Waals surface area (Å²) in [5.74, 6) is -1.25. The monoisotopic (exact) mass is 231 g/mol. The number of hydrogen-bond donors (Lipinski definition) is 1. The SMILES string of the molecule is Cc1cc(-c2cc(C(=O)O)on2)cc(C)c1C. The zero-order chi connectivity index (χ0) is 12.6. The number of aromatic carboxylic acids is 1. The number of aromatic nitrogens is 1. The quantitative estimate of drug-likeness (QED) is 0.863. The molecule has 17 heavy (non-hydrogen) atoms. The van der Waals surface area contributed by atoms with Crippen molar-refractivity contribution in [3.8, 4) is 11.3 Å². The van der Waals surface area contributed by atoms with Gasteiger partial charge in [0.05, 0.1) is 0 Å². The highest BCUT2D eigenvalue weighted by Gasteiger charge is 2.13. The molecule has 0 amide bonds. The Balaban J connectivity index is 2.49. The fraction of sp³-hybridized carbons (Fsp3) is 0.231. The molecule has 0 aliphatic rings. The van der Waals surface area contributed by atoms with Gasteiger partial charge < -0.3 is 9.63 Å². The highest BCUT2D eigenvalue weighted by atomic mass is 16.5. The molecule has 0 aliphatic heterocycles. The summed E-state index contributed by atoms with van der Waals surface area (Å²) in [4.78, 5) is 10.7. The number of carbonyl (C=O) groups is 1.